The Kier molecular flexibility index (Phi) is 4.25. The molecule has 0 unspecified atom stereocenters. The van der Waals surface area contributed by atoms with Crippen LogP contribution in [-0.4, -0.2) is 92.7 Å². The van der Waals surface area contributed by atoms with Crippen molar-refractivity contribution in [3.05, 3.63) is 0 Å². The number of hydrogen-bond acceptors (Lipinski definition) is 5. The van der Waals surface area contributed by atoms with E-state index in [0.717, 1.165) is 13.1 Å². The highest BCUT2D eigenvalue weighted by atomic mass is 32.2. The van der Waals surface area contributed by atoms with Gasteiger partial charge in [0, 0.05) is 40.3 Å². The Morgan fingerprint density at radius 1 is 1.22 bits per heavy atom. The summed E-state index contributed by atoms with van der Waals surface area (Å²) >= 11 is 0. The molecule has 2 saturated heterocycles. The van der Waals surface area contributed by atoms with Crippen molar-refractivity contribution in [3.63, 3.8) is 0 Å². The van der Waals surface area contributed by atoms with E-state index in [-0.39, 0.29) is 12.6 Å². The van der Waals surface area contributed by atoms with Crippen molar-refractivity contribution in [1.29, 1.82) is 0 Å². The number of nitrogens with zero attached hydrogens (tertiary/aromatic N) is 3. The van der Waals surface area contributed by atoms with E-state index in [9.17, 15) is 13.5 Å². The van der Waals surface area contributed by atoms with Gasteiger partial charge in [0.15, 0.2) is 0 Å². The monoisotopic (exact) mass is 279 g/mol. The van der Waals surface area contributed by atoms with Crippen LogP contribution in [0.25, 0.3) is 0 Å². The van der Waals surface area contributed by atoms with Gasteiger partial charge in [-0.2, -0.15) is 17.0 Å². The Labute approximate surface area is 108 Å². The molecular formula is C10H21N3O4S. The molecule has 2 aliphatic rings. The SMILES string of the molecule is CN(C)S(=O)(=O)N1C[C@@H](O)[C@H](N2CCOCC2)C1. The maximum absolute atomic E-state index is 12.0. The van der Waals surface area contributed by atoms with Crippen LogP contribution >= 0.6 is 0 Å². The average molecular weight is 279 g/mol. The summed E-state index contributed by atoms with van der Waals surface area (Å²) in [5, 5.41) is 10.0. The molecule has 0 amide bonds. The van der Waals surface area contributed by atoms with Crippen LogP contribution in [0.15, 0.2) is 0 Å². The maximum Gasteiger partial charge on any atom is 0.281 e. The molecule has 0 aliphatic carbocycles. The summed E-state index contributed by atoms with van der Waals surface area (Å²) in [6.45, 7) is 3.30. The molecule has 2 heterocycles. The number of rotatable bonds is 3. The highest BCUT2D eigenvalue weighted by Crippen LogP contribution is 2.21. The fraction of sp³-hybridized carbons (Fsp3) is 1.00. The van der Waals surface area contributed by atoms with Crippen molar-refractivity contribution in [2.24, 2.45) is 0 Å². The first-order valence-electron chi connectivity index (χ1n) is 6.10. The number of aliphatic hydroxyl groups excluding tert-OH is 1. The molecule has 2 atom stereocenters. The standard InChI is InChI=1S/C10H21N3O4S/c1-11(2)18(15,16)13-7-9(10(14)8-13)12-3-5-17-6-4-12/h9-10,14H,3-8H2,1-2H3/t9-,10-/m1/s1. The van der Waals surface area contributed by atoms with Crippen LogP contribution in [0.2, 0.25) is 0 Å². The number of β-amino-alcohol motifs (C(OH)–C–C–N with tert-alkyl or cyclic N) is 1. The molecule has 18 heavy (non-hydrogen) atoms. The molecule has 2 rings (SSSR count). The third-order valence-corrected chi connectivity index (χ3v) is 5.40. The van der Waals surface area contributed by atoms with Crippen molar-refractivity contribution >= 4 is 10.2 Å². The van der Waals surface area contributed by atoms with Crippen LogP contribution in [0, 0.1) is 0 Å². The topological polar surface area (TPSA) is 73.3 Å². The molecule has 0 aromatic rings. The summed E-state index contributed by atoms with van der Waals surface area (Å²) in [5.41, 5.74) is 0. The molecule has 106 valence electrons. The molecule has 7 nitrogen and oxygen atoms in total. The second-order valence-corrected chi connectivity index (χ2v) is 7.03. The smallest absolute Gasteiger partial charge is 0.281 e. The lowest BCUT2D eigenvalue weighted by atomic mass is 10.2. The summed E-state index contributed by atoms with van der Waals surface area (Å²) in [6.07, 6.45) is -0.627. The molecule has 0 radical (unpaired) electrons. The van der Waals surface area contributed by atoms with Crippen molar-refractivity contribution in [2.75, 3.05) is 53.5 Å². The summed E-state index contributed by atoms with van der Waals surface area (Å²) in [7, 11) is -0.425. The van der Waals surface area contributed by atoms with Crippen LogP contribution in [0.3, 0.4) is 0 Å². The Balaban J connectivity index is 2.04. The maximum atomic E-state index is 12.0. The van der Waals surface area contributed by atoms with E-state index in [0.29, 0.717) is 19.8 Å². The van der Waals surface area contributed by atoms with E-state index < -0.39 is 16.3 Å². The van der Waals surface area contributed by atoms with E-state index >= 15 is 0 Å². The highest BCUT2D eigenvalue weighted by Gasteiger charge is 2.41. The third kappa shape index (κ3) is 2.68. The first kappa shape index (κ1) is 14.2. The lowest BCUT2D eigenvalue weighted by Gasteiger charge is -2.33. The second-order valence-electron chi connectivity index (χ2n) is 4.89. The molecule has 0 aromatic carbocycles. The molecule has 2 aliphatic heterocycles. The van der Waals surface area contributed by atoms with Gasteiger partial charge in [0.2, 0.25) is 0 Å². The van der Waals surface area contributed by atoms with Gasteiger partial charge in [-0.25, -0.2) is 0 Å². The lowest BCUT2D eigenvalue weighted by Crippen LogP contribution is -2.49. The second kappa shape index (κ2) is 5.40. The van der Waals surface area contributed by atoms with Crippen LogP contribution < -0.4 is 0 Å². The van der Waals surface area contributed by atoms with Gasteiger partial charge in [-0.05, 0) is 0 Å². The van der Waals surface area contributed by atoms with Crippen LogP contribution in [-0.2, 0) is 14.9 Å². The summed E-state index contributed by atoms with van der Waals surface area (Å²) < 4.78 is 31.8. The zero-order chi connectivity index (χ0) is 13.3. The normalized spacial score (nSPS) is 32.2. The summed E-state index contributed by atoms with van der Waals surface area (Å²) in [4.78, 5) is 2.11. The van der Waals surface area contributed by atoms with Crippen LogP contribution in [0.1, 0.15) is 0 Å². The first-order chi connectivity index (χ1) is 8.43. The highest BCUT2D eigenvalue weighted by molar-refractivity contribution is 7.86. The Morgan fingerprint density at radius 2 is 1.83 bits per heavy atom. The van der Waals surface area contributed by atoms with E-state index in [1.807, 2.05) is 0 Å². The predicted molar refractivity (Wildman–Crippen MR) is 66.4 cm³/mol. The number of morpholine rings is 1. The molecular weight excluding hydrogens is 258 g/mol. The van der Waals surface area contributed by atoms with Gasteiger partial charge >= 0.3 is 0 Å². The molecule has 0 saturated carbocycles. The predicted octanol–water partition coefficient (Wildman–Crippen LogP) is -1.83. The van der Waals surface area contributed by atoms with Crippen molar-refractivity contribution in [1.82, 2.24) is 13.5 Å². The minimum Gasteiger partial charge on any atom is -0.390 e. The third-order valence-electron chi connectivity index (χ3n) is 3.53. The molecule has 1 N–H and O–H groups in total. The minimum atomic E-state index is -3.43. The van der Waals surface area contributed by atoms with E-state index in [1.54, 1.807) is 0 Å². The number of aliphatic hydroxyl groups is 1. The minimum absolute atomic E-state index is 0.122. The van der Waals surface area contributed by atoms with Crippen LogP contribution in [0.5, 0.6) is 0 Å². The van der Waals surface area contributed by atoms with E-state index in [2.05, 4.69) is 4.90 Å². The summed E-state index contributed by atoms with van der Waals surface area (Å²) in [5.74, 6) is 0. The number of hydrogen-bond donors (Lipinski definition) is 1. The first-order valence-corrected chi connectivity index (χ1v) is 7.50. The Bertz CT molecular complexity index is 381. The van der Waals surface area contributed by atoms with Gasteiger partial charge in [0.25, 0.3) is 10.2 Å². The average Bonchev–Trinajstić information content (AvgIpc) is 2.73. The quantitative estimate of drug-likeness (QED) is 0.658. The molecule has 0 spiro atoms. The fourth-order valence-corrected chi connectivity index (χ4v) is 3.57. The van der Waals surface area contributed by atoms with Gasteiger partial charge in [-0.3, -0.25) is 4.90 Å². The molecule has 0 aromatic heterocycles. The van der Waals surface area contributed by atoms with Crippen molar-refractivity contribution in [2.45, 2.75) is 12.1 Å². The Morgan fingerprint density at radius 3 is 2.39 bits per heavy atom. The van der Waals surface area contributed by atoms with E-state index in [1.165, 1.54) is 22.7 Å². The largest absolute Gasteiger partial charge is 0.390 e. The summed E-state index contributed by atoms with van der Waals surface area (Å²) in [6, 6.07) is -0.122. The molecule has 8 heteroatoms. The van der Waals surface area contributed by atoms with Gasteiger partial charge in [0.05, 0.1) is 25.4 Å². The molecule has 2 fully saturated rings. The zero-order valence-corrected chi connectivity index (χ0v) is 11.6. The van der Waals surface area contributed by atoms with Gasteiger partial charge in [0.1, 0.15) is 0 Å². The van der Waals surface area contributed by atoms with Crippen LogP contribution in [0.4, 0.5) is 0 Å². The van der Waals surface area contributed by atoms with Crippen molar-refractivity contribution < 1.29 is 18.3 Å². The fourth-order valence-electron chi connectivity index (χ4n) is 2.42. The van der Waals surface area contributed by atoms with Gasteiger partial charge < -0.3 is 9.84 Å². The van der Waals surface area contributed by atoms with Gasteiger partial charge in [-0.1, -0.05) is 0 Å². The Hall–Kier alpha value is -0.250. The zero-order valence-electron chi connectivity index (χ0n) is 10.8. The molecule has 0 bridgehead atoms. The van der Waals surface area contributed by atoms with E-state index in [4.69, 9.17) is 4.74 Å². The van der Waals surface area contributed by atoms with Crippen molar-refractivity contribution in [3.8, 4) is 0 Å². The number of ether oxygens (including phenoxy) is 1. The lowest BCUT2D eigenvalue weighted by molar-refractivity contribution is -0.00603. The van der Waals surface area contributed by atoms with Gasteiger partial charge in [-0.15, -0.1) is 0 Å².